The van der Waals surface area contributed by atoms with Gasteiger partial charge in [0.15, 0.2) is 0 Å². The molecule has 1 fully saturated rings. The van der Waals surface area contributed by atoms with Gasteiger partial charge >= 0.3 is 6.18 Å². The first-order valence-corrected chi connectivity index (χ1v) is 8.09. The Morgan fingerprint density at radius 2 is 2.00 bits per heavy atom. The highest BCUT2D eigenvalue weighted by molar-refractivity contribution is 8.00. The number of non-ortho nitro benzene ring substituents is 1. The standard InChI is InChI=1S/C14H15F3N2O3S/c15-14(16,17)11-7-9(19(21)22)5-6-12(11)18-13(20)8-23-10-3-1-2-4-10/h5-7,10H,1-4,8H2,(H,18,20). The Kier molecular flexibility index (Phi) is 5.51. The van der Waals surface area contributed by atoms with Crippen molar-refractivity contribution in [3.8, 4) is 0 Å². The Labute approximate surface area is 134 Å². The minimum absolute atomic E-state index is 0.0684. The van der Waals surface area contributed by atoms with E-state index in [9.17, 15) is 28.1 Å². The molecule has 0 radical (unpaired) electrons. The zero-order chi connectivity index (χ0) is 17.0. The van der Waals surface area contributed by atoms with Gasteiger partial charge in [0.2, 0.25) is 5.91 Å². The van der Waals surface area contributed by atoms with Gasteiger partial charge in [-0.2, -0.15) is 13.2 Å². The molecule has 0 unspecified atom stereocenters. The van der Waals surface area contributed by atoms with Crippen molar-refractivity contribution in [1.82, 2.24) is 0 Å². The van der Waals surface area contributed by atoms with E-state index in [1.807, 2.05) is 0 Å². The number of nitro groups is 1. The number of nitro benzene ring substituents is 1. The van der Waals surface area contributed by atoms with Gasteiger partial charge in [-0.1, -0.05) is 12.8 Å². The van der Waals surface area contributed by atoms with Crippen molar-refractivity contribution in [2.75, 3.05) is 11.1 Å². The van der Waals surface area contributed by atoms with E-state index in [4.69, 9.17) is 0 Å². The van der Waals surface area contributed by atoms with Crippen LogP contribution in [0.4, 0.5) is 24.5 Å². The summed E-state index contributed by atoms with van der Waals surface area (Å²) < 4.78 is 39.0. The lowest BCUT2D eigenvalue weighted by Gasteiger charge is -2.14. The van der Waals surface area contributed by atoms with Crippen molar-refractivity contribution in [1.29, 1.82) is 0 Å². The molecule has 0 saturated heterocycles. The molecule has 0 spiro atoms. The number of thioether (sulfide) groups is 1. The minimum atomic E-state index is -4.78. The van der Waals surface area contributed by atoms with Crippen LogP contribution >= 0.6 is 11.8 Å². The maximum Gasteiger partial charge on any atom is 0.418 e. The van der Waals surface area contributed by atoms with E-state index >= 15 is 0 Å². The number of hydrogen-bond donors (Lipinski definition) is 1. The first kappa shape index (κ1) is 17.6. The van der Waals surface area contributed by atoms with Crippen LogP contribution in [0.3, 0.4) is 0 Å². The van der Waals surface area contributed by atoms with Gasteiger partial charge in [-0.05, 0) is 18.9 Å². The molecule has 1 aliphatic rings. The molecule has 126 valence electrons. The smallest absolute Gasteiger partial charge is 0.325 e. The van der Waals surface area contributed by atoms with E-state index in [1.165, 1.54) is 11.8 Å². The molecule has 2 rings (SSSR count). The van der Waals surface area contributed by atoms with Crippen LogP contribution in [-0.2, 0) is 11.0 Å². The molecular formula is C14H15F3N2O3S. The fourth-order valence-electron chi connectivity index (χ4n) is 2.42. The van der Waals surface area contributed by atoms with Gasteiger partial charge in [0.25, 0.3) is 5.69 Å². The zero-order valence-electron chi connectivity index (χ0n) is 12.1. The molecule has 9 heteroatoms. The van der Waals surface area contributed by atoms with E-state index in [0.717, 1.165) is 37.8 Å². The van der Waals surface area contributed by atoms with Crippen LogP contribution < -0.4 is 5.32 Å². The van der Waals surface area contributed by atoms with Gasteiger partial charge in [-0.25, -0.2) is 0 Å². The topological polar surface area (TPSA) is 72.2 Å². The third-order valence-corrected chi connectivity index (χ3v) is 4.92. The number of nitrogens with zero attached hydrogens (tertiary/aromatic N) is 1. The Morgan fingerprint density at radius 1 is 1.35 bits per heavy atom. The fraction of sp³-hybridized carbons (Fsp3) is 0.500. The number of carbonyl (C=O) groups is 1. The summed E-state index contributed by atoms with van der Waals surface area (Å²) in [6.07, 6.45) is -0.528. The first-order chi connectivity index (χ1) is 10.8. The van der Waals surface area contributed by atoms with Crippen molar-refractivity contribution >= 4 is 29.0 Å². The summed E-state index contributed by atoms with van der Waals surface area (Å²) in [5.74, 6) is -0.472. The molecule has 0 atom stereocenters. The average Bonchev–Trinajstić information content (AvgIpc) is 2.97. The number of nitrogens with one attached hydrogen (secondary N) is 1. The zero-order valence-corrected chi connectivity index (χ0v) is 12.9. The summed E-state index contributed by atoms with van der Waals surface area (Å²) >= 11 is 1.43. The van der Waals surface area contributed by atoms with E-state index in [0.29, 0.717) is 11.3 Å². The van der Waals surface area contributed by atoms with Gasteiger partial charge in [0.1, 0.15) is 0 Å². The number of alkyl halides is 3. The summed E-state index contributed by atoms with van der Waals surface area (Å²) in [7, 11) is 0. The van der Waals surface area contributed by atoms with E-state index in [-0.39, 0.29) is 5.75 Å². The van der Waals surface area contributed by atoms with Crippen molar-refractivity contribution in [2.45, 2.75) is 37.1 Å². The summed E-state index contributed by atoms with van der Waals surface area (Å²) in [4.78, 5) is 21.5. The first-order valence-electron chi connectivity index (χ1n) is 7.04. The van der Waals surface area contributed by atoms with Crippen LogP contribution in [0, 0.1) is 10.1 Å². The summed E-state index contributed by atoms with van der Waals surface area (Å²) in [5, 5.41) is 13.2. The van der Waals surface area contributed by atoms with Crippen LogP contribution in [0.1, 0.15) is 31.2 Å². The molecule has 0 heterocycles. The fourth-order valence-corrected chi connectivity index (χ4v) is 3.55. The van der Waals surface area contributed by atoms with E-state index in [1.54, 1.807) is 0 Å². The summed E-state index contributed by atoms with van der Waals surface area (Å²) in [5.41, 5.74) is -2.35. The number of benzene rings is 1. The van der Waals surface area contributed by atoms with Crippen LogP contribution in [0.5, 0.6) is 0 Å². The highest BCUT2D eigenvalue weighted by Crippen LogP contribution is 2.37. The second-order valence-electron chi connectivity index (χ2n) is 5.25. The second-order valence-corrected chi connectivity index (χ2v) is 6.54. The maximum atomic E-state index is 13.0. The van der Waals surface area contributed by atoms with Gasteiger partial charge in [-0.15, -0.1) is 11.8 Å². The van der Waals surface area contributed by atoms with Crippen LogP contribution in [0.15, 0.2) is 18.2 Å². The average molecular weight is 348 g/mol. The lowest BCUT2D eigenvalue weighted by Crippen LogP contribution is -2.19. The lowest BCUT2D eigenvalue weighted by molar-refractivity contribution is -0.385. The Hall–Kier alpha value is -1.77. The highest BCUT2D eigenvalue weighted by Gasteiger charge is 2.35. The SMILES string of the molecule is O=C(CSC1CCCC1)Nc1ccc([N+](=O)[O-])cc1C(F)(F)F. The molecule has 1 aromatic rings. The van der Waals surface area contributed by atoms with Crippen molar-refractivity contribution in [2.24, 2.45) is 0 Å². The highest BCUT2D eigenvalue weighted by atomic mass is 32.2. The quantitative estimate of drug-likeness (QED) is 0.638. The molecule has 0 aliphatic heterocycles. The molecule has 1 amide bonds. The number of rotatable bonds is 5. The van der Waals surface area contributed by atoms with Crippen molar-refractivity contribution in [3.63, 3.8) is 0 Å². The molecule has 1 aromatic carbocycles. The number of hydrogen-bond acceptors (Lipinski definition) is 4. The number of amides is 1. The second kappa shape index (κ2) is 7.20. The lowest BCUT2D eigenvalue weighted by atomic mass is 10.1. The molecule has 0 bridgehead atoms. The Morgan fingerprint density at radius 3 is 2.57 bits per heavy atom. The third-order valence-electron chi connectivity index (χ3n) is 3.55. The van der Waals surface area contributed by atoms with Crippen LogP contribution in [0.2, 0.25) is 0 Å². The van der Waals surface area contributed by atoms with Gasteiger partial charge in [-0.3, -0.25) is 14.9 Å². The van der Waals surface area contributed by atoms with Crippen LogP contribution in [-0.4, -0.2) is 21.8 Å². The molecule has 1 aliphatic carbocycles. The number of halogens is 3. The maximum absolute atomic E-state index is 13.0. The van der Waals surface area contributed by atoms with Gasteiger partial charge < -0.3 is 5.32 Å². The Balaban J connectivity index is 2.08. The van der Waals surface area contributed by atoms with E-state index in [2.05, 4.69) is 5.32 Å². The van der Waals surface area contributed by atoms with Crippen molar-refractivity contribution < 1.29 is 22.9 Å². The molecular weight excluding hydrogens is 333 g/mol. The molecule has 5 nitrogen and oxygen atoms in total. The van der Waals surface area contributed by atoms with Gasteiger partial charge in [0, 0.05) is 17.4 Å². The predicted molar refractivity (Wildman–Crippen MR) is 81.4 cm³/mol. The molecule has 0 aromatic heterocycles. The summed E-state index contributed by atoms with van der Waals surface area (Å²) in [6, 6.07) is 2.29. The monoisotopic (exact) mass is 348 g/mol. The normalized spacial score (nSPS) is 15.6. The van der Waals surface area contributed by atoms with Crippen LogP contribution in [0.25, 0.3) is 0 Å². The van der Waals surface area contributed by atoms with Gasteiger partial charge in [0.05, 0.1) is 21.9 Å². The van der Waals surface area contributed by atoms with E-state index < -0.39 is 33.9 Å². The molecule has 1 N–H and O–H groups in total. The summed E-state index contributed by atoms with van der Waals surface area (Å²) in [6.45, 7) is 0. The number of carbonyl (C=O) groups excluding carboxylic acids is 1. The van der Waals surface area contributed by atoms with Crippen molar-refractivity contribution in [3.05, 3.63) is 33.9 Å². The Bertz CT molecular complexity index is 601. The minimum Gasteiger partial charge on any atom is -0.325 e. The predicted octanol–water partition coefficient (Wildman–Crippen LogP) is 4.23. The molecule has 1 saturated carbocycles. The molecule has 23 heavy (non-hydrogen) atoms. The number of anilines is 1. The third kappa shape index (κ3) is 4.85. The largest absolute Gasteiger partial charge is 0.418 e.